The van der Waals surface area contributed by atoms with Crippen LogP contribution in [0.2, 0.25) is 0 Å². The van der Waals surface area contributed by atoms with E-state index in [1.54, 1.807) is 42.5 Å². The van der Waals surface area contributed by atoms with Crippen LogP contribution >= 0.6 is 0 Å². The zero-order chi connectivity index (χ0) is 18.1. The van der Waals surface area contributed by atoms with Crippen molar-refractivity contribution >= 4 is 17.5 Å². The van der Waals surface area contributed by atoms with Gasteiger partial charge in [-0.3, -0.25) is 9.59 Å². The van der Waals surface area contributed by atoms with Crippen molar-refractivity contribution in [1.29, 1.82) is 0 Å². The second-order valence-electron chi connectivity index (χ2n) is 5.15. The van der Waals surface area contributed by atoms with Crippen LogP contribution in [0.15, 0.2) is 48.5 Å². The summed E-state index contributed by atoms with van der Waals surface area (Å²) < 4.78 is 10.7. The molecule has 0 aliphatic carbocycles. The first-order valence-corrected chi connectivity index (χ1v) is 8.16. The maximum atomic E-state index is 12.1. The van der Waals surface area contributed by atoms with E-state index in [-0.39, 0.29) is 18.4 Å². The van der Waals surface area contributed by atoms with Gasteiger partial charge < -0.3 is 20.1 Å². The van der Waals surface area contributed by atoms with Gasteiger partial charge in [0.1, 0.15) is 11.5 Å². The predicted octanol–water partition coefficient (Wildman–Crippen LogP) is 2.85. The summed E-state index contributed by atoms with van der Waals surface area (Å²) in [5.41, 5.74) is 1.08. The highest BCUT2D eigenvalue weighted by molar-refractivity contribution is 5.99. The molecule has 132 valence electrons. The molecule has 0 aromatic heterocycles. The Kier molecular flexibility index (Phi) is 6.83. The third kappa shape index (κ3) is 5.84. The first kappa shape index (κ1) is 18.3. The lowest BCUT2D eigenvalue weighted by Gasteiger charge is -2.09. The number of amides is 2. The molecule has 0 heterocycles. The van der Waals surface area contributed by atoms with E-state index in [0.717, 1.165) is 0 Å². The van der Waals surface area contributed by atoms with Gasteiger partial charge in [0.2, 0.25) is 5.91 Å². The molecule has 0 saturated carbocycles. The van der Waals surface area contributed by atoms with Crippen molar-refractivity contribution in [3.8, 4) is 11.5 Å². The van der Waals surface area contributed by atoms with Crippen molar-refractivity contribution in [2.24, 2.45) is 0 Å². The summed E-state index contributed by atoms with van der Waals surface area (Å²) in [7, 11) is 0. The van der Waals surface area contributed by atoms with E-state index in [0.29, 0.717) is 36.0 Å². The van der Waals surface area contributed by atoms with Gasteiger partial charge in [0.05, 0.1) is 19.8 Å². The molecule has 0 spiro atoms. The molecule has 0 fully saturated rings. The van der Waals surface area contributed by atoms with E-state index < -0.39 is 0 Å². The van der Waals surface area contributed by atoms with Gasteiger partial charge in [-0.05, 0) is 50.2 Å². The Morgan fingerprint density at radius 2 is 1.60 bits per heavy atom. The molecule has 0 bridgehead atoms. The number of hydrogen-bond acceptors (Lipinski definition) is 4. The molecule has 0 atom stereocenters. The van der Waals surface area contributed by atoms with Gasteiger partial charge in [-0.1, -0.05) is 6.07 Å². The van der Waals surface area contributed by atoms with Gasteiger partial charge in [-0.2, -0.15) is 0 Å². The summed E-state index contributed by atoms with van der Waals surface area (Å²) in [5, 5.41) is 5.31. The van der Waals surface area contributed by atoms with Gasteiger partial charge >= 0.3 is 0 Å². The number of nitrogens with one attached hydrogen (secondary N) is 2. The summed E-state index contributed by atoms with van der Waals surface area (Å²) in [4.78, 5) is 24.0. The summed E-state index contributed by atoms with van der Waals surface area (Å²) in [5.74, 6) is 0.749. The highest BCUT2D eigenvalue weighted by Crippen LogP contribution is 2.17. The van der Waals surface area contributed by atoms with E-state index in [2.05, 4.69) is 10.6 Å². The number of carbonyl (C=O) groups is 2. The van der Waals surface area contributed by atoms with E-state index in [1.165, 1.54) is 0 Å². The maximum absolute atomic E-state index is 12.1. The minimum Gasteiger partial charge on any atom is -0.494 e. The fourth-order valence-corrected chi connectivity index (χ4v) is 2.17. The molecule has 0 radical (unpaired) electrons. The molecule has 2 rings (SSSR count). The average molecular weight is 342 g/mol. The molecule has 0 aliphatic rings. The van der Waals surface area contributed by atoms with E-state index in [4.69, 9.17) is 9.47 Å². The number of anilines is 1. The van der Waals surface area contributed by atoms with Gasteiger partial charge in [-0.25, -0.2) is 0 Å². The third-order valence-corrected chi connectivity index (χ3v) is 3.27. The quantitative estimate of drug-likeness (QED) is 0.773. The summed E-state index contributed by atoms with van der Waals surface area (Å²) in [6.45, 7) is 4.78. The topological polar surface area (TPSA) is 76.7 Å². The molecular formula is C19H22N2O4. The van der Waals surface area contributed by atoms with Crippen LogP contribution in [0.5, 0.6) is 11.5 Å². The number of benzene rings is 2. The lowest BCUT2D eigenvalue weighted by Crippen LogP contribution is -2.32. The molecule has 6 heteroatoms. The lowest BCUT2D eigenvalue weighted by molar-refractivity contribution is -0.115. The standard InChI is InChI=1S/C19H22N2O4/c1-3-24-16-10-8-14(9-11-16)19(23)20-13-18(22)21-15-6-5-7-17(12-15)25-4-2/h5-12H,3-4,13H2,1-2H3,(H,20,23)(H,21,22). The average Bonchev–Trinajstić information content (AvgIpc) is 2.61. The van der Waals surface area contributed by atoms with Gasteiger partial charge in [0, 0.05) is 17.3 Å². The Morgan fingerprint density at radius 1 is 0.920 bits per heavy atom. The van der Waals surface area contributed by atoms with Crippen LogP contribution in [0, 0.1) is 0 Å². The molecule has 0 saturated heterocycles. The number of ether oxygens (including phenoxy) is 2. The van der Waals surface area contributed by atoms with Gasteiger partial charge in [-0.15, -0.1) is 0 Å². The number of hydrogen-bond donors (Lipinski definition) is 2. The monoisotopic (exact) mass is 342 g/mol. The van der Waals surface area contributed by atoms with Crippen molar-refractivity contribution in [2.45, 2.75) is 13.8 Å². The fraction of sp³-hybridized carbons (Fsp3) is 0.263. The Hall–Kier alpha value is -3.02. The smallest absolute Gasteiger partial charge is 0.251 e. The van der Waals surface area contributed by atoms with Crippen molar-refractivity contribution in [2.75, 3.05) is 25.1 Å². The zero-order valence-electron chi connectivity index (χ0n) is 14.4. The molecule has 2 aromatic carbocycles. The van der Waals surface area contributed by atoms with Crippen LogP contribution in [0.3, 0.4) is 0 Å². The predicted molar refractivity (Wildman–Crippen MR) is 96.2 cm³/mol. The van der Waals surface area contributed by atoms with E-state index in [1.807, 2.05) is 19.9 Å². The molecule has 2 amide bonds. The van der Waals surface area contributed by atoms with E-state index in [9.17, 15) is 9.59 Å². The fourth-order valence-electron chi connectivity index (χ4n) is 2.17. The van der Waals surface area contributed by atoms with Crippen molar-refractivity contribution in [3.05, 3.63) is 54.1 Å². The molecule has 0 unspecified atom stereocenters. The Balaban J connectivity index is 1.84. The minimum atomic E-state index is -0.318. The Morgan fingerprint density at radius 3 is 2.28 bits per heavy atom. The lowest BCUT2D eigenvalue weighted by atomic mass is 10.2. The van der Waals surface area contributed by atoms with Crippen LogP contribution in [-0.2, 0) is 4.79 Å². The summed E-state index contributed by atoms with van der Waals surface area (Å²) >= 11 is 0. The van der Waals surface area contributed by atoms with Crippen LogP contribution < -0.4 is 20.1 Å². The van der Waals surface area contributed by atoms with Crippen LogP contribution in [0.1, 0.15) is 24.2 Å². The number of carbonyl (C=O) groups excluding carboxylic acids is 2. The molecule has 6 nitrogen and oxygen atoms in total. The minimum absolute atomic E-state index is 0.120. The maximum Gasteiger partial charge on any atom is 0.251 e. The third-order valence-electron chi connectivity index (χ3n) is 3.27. The molecule has 0 aliphatic heterocycles. The SMILES string of the molecule is CCOc1ccc(C(=O)NCC(=O)Nc2cccc(OCC)c2)cc1. The zero-order valence-corrected chi connectivity index (χ0v) is 14.4. The van der Waals surface area contributed by atoms with Crippen molar-refractivity contribution < 1.29 is 19.1 Å². The number of rotatable bonds is 8. The molecule has 25 heavy (non-hydrogen) atoms. The molecular weight excluding hydrogens is 320 g/mol. The highest BCUT2D eigenvalue weighted by Gasteiger charge is 2.09. The van der Waals surface area contributed by atoms with Crippen molar-refractivity contribution in [3.63, 3.8) is 0 Å². The van der Waals surface area contributed by atoms with Crippen molar-refractivity contribution in [1.82, 2.24) is 5.32 Å². The van der Waals surface area contributed by atoms with Crippen LogP contribution in [0.4, 0.5) is 5.69 Å². The Bertz CT molecular complexity index is 714. The first-order valence-electron chi connectivity index (χ1n) is 8.16. The van der Waals surface area contributed by atoms with Crippen LogP contribution in [0.25, 0.3) is 0 Å². The Labute approximate surface area is 147 Å². The highest BCUT2D eigenvalue weighted by atomic mass is 16.5. The van der Waals surface area contributed by atoms with Crippen LogP contribution in [-0.4, -0.2) is 31.6 Å². The van der Waals surface area contributed by atoms with Gasteiger partial charge in [0.15, 0.2) is 0 Å². The van der Waals surface area contributed by atoms with Gasteiger partial charge in [0.25, 0.3) is 5.91 Å². The first-order chi connectivity index (χ1) is 12.1. The van der Waals surface area contributed by atoms with E-state index >= 15 is 0 Å². The summed E-state index contributed by atoms with van der Waals surface area (Å²) in [6, 6.07) is 13.8. The summed E-state index contributed by atoms with van der Waals surface area (Å²) in [6.07, 6.45) is 0. The molecule has 2 aromatic rings. The second kappa shape index (κ2) is 9.32. The largest absolute Gasteiger partial charge is 0.494 e. The normalized spacial score (nSPS) is 10.0. The second-order valence-corrected chi connectivity index (χ2v) is 5.15. The molecule has 2 N–H and O–H groups in total.